The number of nitrogens with two attached hydrogens (primary N) is 1. The van der Waals surface area contributed by atoms with Crippen molar-refractivity contribution >= 4 is 17.3 Å². The number of hydrogen-bond donors (Lipinski definition) is 2. The molecule has 1 aliphatic heterocycles. The second-order valence-electron chi connectivity index (χ2n) is 4.71. The maximum atomic E-state index is 12.6. The van der Waals surface area contributed by atoms with Crippen molar-refractivity contribution < 1.29 is 9.59 Å². The summed E-state index contributed by atoms with van der Waals surface area (Å²) >= 11 is 0. The largest absolute Gasteiger partial charge is 0.368 e. The first kappa shape index (κ1) is 12.6. The van der Waals surface area contributed by atoms with Crippen molar-refractivity contribution in [2.45, 2.75) is 6.04 Å². The van der Waals surface area contributed by atoms with Gasteiger partial charge < -0.3 is 16.0 Å². The van der Waals surface area contributed by atoms with Crippen LogP contribution in [0, 0.1) is 0 Å². The van der Waals surface area contributed by atoms with Crippen LogP contribution < -0.4 is 11.1 Å². The summed E-state index contributed by atoms with van der Waals surface area (Å²) in [5.74, 6) is -0.710. The lowest BCUT2D eigenvalue weighted by Crippen LogP contribution is -2.58. The van der Waals surface area contributed by atoms with E-state index in [0.29, 0.717) is 25.2 Å². The molecule has 7 heteroatoms. The first-order chi connectivity index (χ1) is 9.68. The number of fused-ring (bicyclic) bond motifs is 1. The minimum Gasteiger partial charge on any atom is -0.368 e. The van der Waals surface area contributed by atoms with E-state index in [0.717, 1.165) is 5.52 Å². The molecule has 1 aliphatic rings. The zero-order valence-electron chi connectivity index (χ0n) is 10.8. The van der Waals surface area contributed by atoms with Gasteiger partial charge in [-0.05, 0) is 12.1 Å². The molecule has 2 amide bonds. The molecule has 3 heterocycles. The molecular formula is C13H15N5O2. The van der Waals surface area contributed by atoms with Gasteiger partial charge in [-0.1, -0.05) is 6.07 Å². The van der Waals surface area contributed by atoms with Crippen molar-refractivity contribution in [3.05, 3.63) is 36.2 Å². The summed E-state index contributed by atoms with van der Waals surface area (Å²) < 4.78 is 1.63. The van der Waals surface area contributed by atoms with Crippen molar-refractivity contribution in [1.29, 1.82) is 0 Å². The van der Waals surface area contributed by atoms with E-state index in [1.54, 1.807) is 10.7 Å². The topological polar surface area (TPSA) is 92.7 Å². The molecule has 104 valence electrons. The number of pyridine rings is 1. The maximum absolute atomic E-state index is 12.6. The van der Waals surface area contributed by atoms with Gasteiger partial charge in [-0.15, -0.1) is 0 Å². The van der Waals surface area contributed by atoms with Crippen LogP contribution >= 0.6 is 0 Å². The number of nitrogens with one attached hydrogen (secondary N) is 1. The summed E-state index contributed by atoms with van der Waals surface area (Å²) in [6.07, 6.45) is 3.30. The fourth-order valence-corrected chi connectivity index (χ4v) is 2.46. The molecule has 1 saturated heterocycles. The second-order valence-corrected chi connectivity index (χ2v) is 4.71. The molecule has 3 N–H and O–H groups in total. The number of carbonyl (C=O) groups is 2. The summed E-state index contributed by atoms with van der Waals surface area (Å²) in [5.41, 5.74) is 6.57. The summed E-state index contributed by atoms with van der Waals surface area (Å²) in [4.78, 5) is 25.6. The van der Waals surface area contributed by atoms with E-state index >= 15 is 0 Å². The highest BCUT2D eigenvalue weighted by Gasteiger charge is 2.32. The minimum atomic E-state index is -0.616. The van der Waals surface area contributed by atoms with E-state index in [1.807, 2.05) is 18.2 Å². The molecule has 1 unspecified atom stereocenters. The Balaban J connectivity index is 1.96. The molecule has 0 saturated carbocycles. The van der Waals surface area contributed by atoms with E-state index in [9.17, 15) is 9.59 Å². The predicted molar refractivity (Wildman–Crippen MR) is 72.1 cm³/mol. The standard InChI is InChI=1S/C13H15N5O2/c14-12(19)11-8-15-4-6-17(11)13(20)9-7-16-18-5-2-1-3-10(9)18/h1-3,5,7,11,15H,4,6,8H2,(H2,14,19). The van der Waals surface area contributed by atoms with E-state index in [1.165, 1.54) is 11.1 Å². The number of primary amides is 1. The molecule has 0 spiro atoms. The van der Waals surface area contributed by atoms with Crippen molar-refractivity contribution in [3.63, 3.8) is 0 Å². The first-order valence-electron chi connectivity index (χ1n) is 6.42. The lowest BCUT2D eigenvalue weighted by molar-refractivity contribution is -0.122. The maximum Gasteiger partial charge on any atom is 0.258 e. The molecule has 7 nitrogen and oxygen atoms in total. The SMILES string of the molecule is NC(=O)C1CNCCN1C(=O)c1cnn2ccccc12. The monoisotopic (exact) mass is 273 g/mol. The lowest BCUT2D eigenvalue weighted by atomic mass is 10.1. The summed E-state index contributed by atoms with van der Waals surface area (Å²) in [5, 5.41) is 7.21. The number of rotatable bonds is 2. The molecule has 2 aromatic rings. The Kier molecular flexibility index (Phi) is 3.11. The van der Waals surface area contributed by atoms with Crippen LogP contribution in [0.25, 0.3) is 5.52 Å². The van der Waals surface area contributed by atoms with Gasteiger partial charge in [0, 0.05) is 25.8 Å². The average molecular weight is 273 g/mol. The number of hydrogen-bond acceptors (Lipinski definition) is 4. The third-order valence-electron chi connectivity index (χ3n) is 3.49. The third kappa shape index (κ3) is 2.01. The average Bonchev–Trinajstić information content (AvgIpc) is 2.90. The molecule has 0 radical (unpaired) electrons. The van der Waals surface area contributed by atoms with Crippen LogP contribution in [0.2, 0.25) is 0 Å². The highest BCUT2D eigenvalue weighted by Crippen LogP contribution is 2.15. The number of aromatic nitrogens is 2. The smallest absolute Gasteiger partial charge is 0.258 e. The van der Waals surface area contributed by atoms with E-state index in [-0.39, 0.29) is 5.91 Å². The highest BCUT2D eigenvalue weighted by atomic mass is 16.2. The van der Waals surface area contributed by atoms with Crippen LogP contribution in [0.15, 0.2) is 30.6 Å². The Hall–Kier alpha value is -2.41. The number of nitrogens with zero attached hydrogens (tertiary/aromatic N) is 3. The quantitative estimate of drug-likeness (QED) is 0.751. The molecule has 2 aromatic heterocycles. The fraction of sp³-hybridized carbons (Fsp3) is 0.308. The van der Waals surface area contributed by atoms with Crippen LogP contribution in [-0.2, 0) is 4.79 Å². The van der Waals surface area contributed by atoms with Gasteiger partial charge in [0.1, 0.15) is 6.04 Å². The van der Waals surface area contributed by atoms with Crippen LogP contribution in [0.3, 0.4) is 0 Å². The second kappa shape index (κ2) is 4.93. The highest BCUT2D eigenvalue weighted by molar-refractivity contribution is 6.02. The zero-order chi connectivity index (χ0) is 14.1. The Bertz CT molecular complexity index is 666. The molecule has 0 aliphatic carbocycles. The van der Waals surface area contributed by atoms with Gasteiger partial charge in [0.25, 0.3) is 5.91 Å². The third-order valence-corrected chi connectivity index (χ3v) is 3.49. The van der Waals surface area contributed by atoms with E-state index < -0.39 is 11.9 Å². The molecular weight excluding hydrogens is 258 g/mol. The molecule has 1 atom stereocenters. The van der Waals surface area contributed by atoms with Gasteiger partial charge in [0.15, 0.2) is 0 Å². The van der Waals surface area contributed by atoms with Gasteiger partial charge in [-0.3, -0.25) is 9.59 Å². The molecule has 20 heavy (non-hydrogen) atoms. The van der Waals surface area contributed by atoms with Crippen LogP contribution in [0.4, 0.5) is 0 Å². The van der Waals surface area contributed by atoms with Gasteiger partial charge >= 0.3 is 0 Å². The van der Waals surface area contributed by atoms with Gasteiger partial charge in [0.05, 0.1) is 17.3 Å². The fourth-order valence-electron chi connectivity index (χ4n) is 2.46. The molecule has 0 bridgehead atoms. The molecule has 3 rings (SSSR count). The van der Waals surface area contributed by atoms with E-state index in [4.69, 9.17) is 5.73 Å². The van der Waals surface area contributed by atoms with E-state index in [2.05, 4.69) is 10.4 Å². The van der Waals surface area contributed by atoms with Gasteiger partial charge in [-0.2, -0.15) is 5.10 Å². The number of carbonyl (C=O) groups excluding carboxylic acids is 2. The minimum absolute atomic E-state index is 0.212. The van der Waals surface area contributed by atoms with Crippen LogP contribution in [-0.4, -0.2) is 52.0 Å². The van der Waals surface area contributed by atoms with Crippen molar-refractivity contribution in [1.82, 2.24) is 19.8 Å². The zero-order valence-corrected chi connectivity index (χ0v) is 10.8. The number of amides is 2. The van der Waals surface area contributed by atoms with Crippen LogP contribution in [0.5, 0.6) is 0 Å². The van der Waals surface area contributed by atoms with Gasteiger partial charge in [-0.25, -0.2) is 4.52 Å². The summed E-state index contributed by atoms with van der Waals surface area (Å²) in [6, 6.07) is 4.89. The first-order valence-corrected chi connectivity index (χ1v) is 6.42. The van der Waals surface area contributed by atoms with Crippen LogP contribution in [0.1, 0.15) is 10.4 Å². The lowest BCUT2D eigenvalue weighted by Gasteiger charge is -2.33. The Labute approximate surface area is 115 Å². The normalized spacial score (nSPS) is 19.2. The Morgan fingerprint density at radius 1 is 1.40 bits per heavy atom. The predicted octanol–water partition coefficient (Wildman–Crippen LogP) is -0.766. The van der Waals surface area contributed by atoms with Crippen molar-refractivity contribution in [3.8, 4) is 0 Å². The molecule has 1 fully saturated rings. The van der Waals surface area contributed by atoms with Crippen molar-refractivity contribution in [2.75, 3.05) is 19.6 Å². The molecule has 0 aromatic carbocycles. The summed E-state index contributed by atoms with van der Waals surface area (Å²) in [6.45, 7) is 1.49. The summed E-state index contributed by atoms with van der Waals surface area (Å²) in [7, 11) is 0. The van der Waals surface area contributed by atoms with Crippen molar-refractivity contribution in [2.24, 2.45) is 5.73 Å². The Morgan fingerprint density at radius 2 is 2.25 bits per heavy atom. The number of piperazine rings is 1. The van der Waals surface area contributed by atoms with Gasteiger partial charge in [0.2, 0.25) is 5.91 Å². The Morgan fingerprint density at radius 3 is 3.05 bits per heavy atom.